The number of aromatic nitrogens is 3. The second kappa shape index (κ2) is 11.0. The van der Waals surface area contributed by atoms with E-state index < -0.39 is 59.9 Å². The molecule has 2 amide bonds. The average molecular weight is 602 g/mol. The van der Waals surface area contributed by atoms with Crippen molar-refractivity contribution in [3.8, 4) is 0 Å². The number of halogens is 3. The summed E-state index contributed by atoms with van der Waals surface area (Å²) < 4.78 is 49.5. The van der Waals surface area contributed by atoms with Crippen LogP contribution in [0.25, 0.3) is 11.0 Å². The Morgan fingerprint density at radius 3 is 2.37 bits per heavy atom. The Bertz CT molecular complexity index is 1530. The number of rotatable bonds is 5. The standard InChI is InChI=1S/C29H34F3N7O4/c1-27(2,3)43-26(42)39-21-8-9-23(35-20(21)15-34-39)36-37-24(40)22-14-18(30)16-38(22)25(41)28(10-12-29(31,32)13-11-28)17-4-6-19(33)7-5-17/h4-9,15,18,22H,10-14,16,33H2,1-3H3,(H,35,36)(H,37,40)/t18-,22-/m1/s1. The fraction of sp³-hybridized carbons (Fsp3) is 0.483. The normalized spacial score (nSPS) is 21.4. The van der Waals surface area contributed by atoms with Gasteiger partial charge in [-0.2, -0.15) is 9.78 Å². The van der Waals surface area contributed by atoms with Crippen LogP contribution in [0.15, 0.2) is 42.6 Å². The van der Waals surface area contributed by atoms with E-state index in [1.807, 2.05) is 0 Å². The monoisotopic (exact) mass is 601 g/mol. The highest BCUT2D eigenvalue weighted by Crippen LogP contribution is 2.47. The lowest BCUT2D eigenvalue weighted by Gasteiger charge is -2.42. The van der Waals surface area contributed by atoms with Gasteiger partial charge in [-0.1, -0.05) is 12.1 Å². The molecule has 0 bridgehead atoms. The lowest BCUT2D eigenvalue weighted by molar-refractivity contribution is -0.147. The highest BCUT2D eigenvalue weighted by atomic mass is 19.3. The molecule has 14 heteroatoms. The van der Waals surface area contributed by atoms with E-state index in [2.05, 4.69) is 20.9 Å². The van der Waals surface area contributed by atoms with Crippen molar-refractivity contribution < 1.29 is 32.3 Å². The van der Waals surface area contributed by atoms with Crippen molar-refractivity contribution in [1.82, 2.24) is 25.1 Å². The van der Waals surface area contributed by atoms with Crippen molar-refractivity contribution in [2.24, 2.45) is 0 Å². The van der Waals surface area contributed by atoms with Crippen molar-refractivity contribution in [1.29, 1.82) is 0 Å². The summed E-state index contributed by atoms with van der Waals surface area (Å²) in [7, 11) is 0. The highest BCUT2D eigenvalue weighted by Gasteiger charge is 2.53. The van der Waals surface area contributed by atoms with Crippen molar-refractivity contribution in [3.05, 3.63) is 48.2 Å². The molecule has 5 rings (SSSR count). The van der Waals surface area contributed by atoms with Crippen molar-refractivity contribution in [2.75, 3.05) is 17.7 Å². The van der Waals surface area contributed by atoms with Gasteiger partial charge in [0.25, 0.3) is 5.91 Å². The van der Waals surface area contributed by atoms with E-state index in [1.54, 1.807) is 51.1 Å². The van der Waals surface area contributed by atoms with Crippen LogP contribution < -0.4 is 16.6 Å². The van der Waals surface area contributed by atoms with Crippen LogP contribution in [0.2, 0.25) is 0 Å². The third-order valence-corrected chi connectivity index (χ3v) is 7.83. The van der Waals surface area contributed by atoms with Crippen LogP contribution in [0.3, 0.4) is 0 Å². The molecular formula is C29H34F3N7O4. The van der Waals surface area contributed by atoms with Crippen molar-refractivity contribution in [3.63, 3.8) is 0 Å². The summed E-state index contributed by atoms with van der Waals surface area (Å²) in [6.45, 7) is 4.86. The maximum absolute atomic E-state index is 14.7. The molecule has 43 heavy (non-hydrogen) atoms. The lowest BCUT2D eigenvalue weighted by Crippen LogP contribution is -2.55. The Labute approximate surface area is 245 Å². The van der Waals surface area contributed by atoms with Crippen LogP contribution in [-0.2, 0) is 19.7 Å². The van der Waals surface area contributed by atoms with Gasteiger partial charge in [0.15, 0.2) is 0 Å². The van der Waals surface area contributed by atoms with E-state index in [0.717, 1.165) is 9.58 Å². The molecule has 0 spiro atoms. The first-order chi connectivity index (χ1) is 20.2. The number of nitrogens with one attached hydrogen (secondary N) is 2. The van der Waals surface area contributed by atoms with E-state index in [0.29, 0.717) is 22.3 Å². The number of alkyl halides is 3. The van der Waals surface area contributed by atoms with Gasteiger partial charge in [-0.25, -0.2) is 22.9 Å². The number of likely N-dealkylation sites (tertiary alicyclic amines) is 1. The van der Waals surface area contributed by atoms with Gasteiger partial charge >= 0.3 is 6.09 Å². The molecule has 1 aromatic carbocycles. The van der Waals surface area contributed by atoms with Crippen LogP contribution >= 0.6 is 0 Å². The number of amides is 2. The minimum atomic E-state index is -2.91. The fourth-order valence-electron chi connectivity index (χ4n) is 5.65. The molecule has 1 saturated heterocycles. The van der Waals surface area contributed by atoms with Crippen LogP contribution in [0.4, 0.5) is 29.5 Å². The molecule has 1 aliphatic carbocycles. The molecule has 1 saturated carbocycles. The molecule has 2 fully saturated rings. The van der Waals surface area contributed by atoms with Gasteiger partial charge in [0, 0.05) is 24.9 Å². The SMILES string of the molecule is CC(C)(C)OC(=O)n1ncc2nc(NNC(=O)[C@H]3C[C@@H](F)CN3C(=O)C3(c4ccc(N)cc4)CCC(F)(F)CC3)ccc21. The minimum Gasteiger partial charge on any atom is -0.442 e. The molecule has 2 atom stereocenters. The summed E-state index contributed by atoms with van der Waals surface area (Å²) in [6.07, 6.45) is -2.35. The largest absolute Gasteiger partial charge is 0.442 e. The summed E-state index contributed by atoms with van der Waals surface area (Å²) in [6, 6.07) is 8.32. The molecule has 1 aliphatic heterocycles. The zero-order valence-corrected chi connectivity index (χ0v) is 24.1. The lowest BCUT2D eigenvalue weighted by atomic mass is 9.67. The van der Waals surface area contributed by atoms with Gasteiger partial charge in [0.05, 0.1) is 23.7 Å². The molecule has 0 unspecified atom stereocenters. The van der Waals surface area contributed by atoms with Gasteiger partial charge in [0.2, 0.25) is 11.8 Å². The Kier molecular flexibility index (Phi) is 7.73. The maximum atomic E-state index is 14.7. The van der Waals surface area contributed by atoms with Gasteiger partial charge < -0.3 is 15.4 Å². The number of fused-ring (bicyclic) bond motifs is 1. The number of ether oxygens (including phenoxy) is 1. The molecule has 3 heterocycles. The zero-order valence-electron chi connectivity index (χ0n) is 24.1. The Balaban J connectivity index is 1.32. The van der Waals surface area contributed by atoms with Gasteiger partial charge in [-0.15, -0.1) is 0 Å². The quantitative estimate of drug-likeness (QED) is 0.290. The second-order valence-corrected chi connectivity index (χ2v) is 12.1. The zero-order chi connectivity index (χ0) is 31.2. The van der Waals surface area contributed by atoms with E-state index in [4.69, 9.17) is 10.5 Å². The number of anilines is 2. The molecule has 4 N–H and O–H groups in total. The van der Waals surface area contributed by atoms with E-state index >= 15 is 0 Å². The maximum Gasteiger partial charge on any atom is 0.435 e. The third-order valence-electron chi connectivity index (χ3n) is 7.83. The number of carbonyl (C=O) groups is 3. The summed E-state index contributed by atoms with van der Waals surface area (Å²) in [5.74, 6) is -3.97. The highest BCUT2D eigenvalue weighted by molar-refractivity contribution is 5.94. The van der Waals surface area contributed by atoms with E-state index in [-0.39, 0.29) is 31.6 Å². The van der Waals surface area contributed by atoms with E-state index in [1.165, 1.54) is 12.3 Å². The number of nitrogen functional groups attached to an aromatic ring is 1. The van der Waals surface area contributed by atoms with Crippen LogP contribution in [0.1, 0.15) is 58.4 Å². The minimum absolute atomic E-state index is 0.149. The molecule has 2 aliphatic rings. The second-order valence-electron chi connectivity index (χ2n) is 12.1. The number of nitrogens with zero attached hydrogens (tertiary/aromatic N) is 4. The number of pyridine rings is 1. The van der Waals surface area contributed by atoms with Crippen molar-refractivity contribution in [2.45, 2.75) is 82.0 Å². The smallest absolute Gasteiger partial charge is 0.435 e. The first kappa shape index (κ1) is 30.1. The fourth-order valence-corrected chi connectivity index (χ4v) is 5.65. The molecule has 3 aromatic rings. The first-order valence-electron chi connectivity index (χ1n) is 14.0. The van der Waals surface area contributed by atoms with Crippen LogP contribution in [0.5, 0.6) is 0 Å². The van der Waals surface area contributed by atoms with Gasteiger partial charge in [0.1, 0.15) is 29.1 Å². The summed E-state index contributed by atoms with van der Waals surface area (Å²) >= 11 is 0. The Morgan fingerprint density at radius 1 is 1.05 bits per heavy atom. The Morgan fingerprint density at radius 2 is 1.72 bits per heavy atom. The third kappa shape index (κ3) is 6.22. The molecule has 230 valence electrons. The molecule has 0 radical (unpaired) electrons. The predicted octanol–water partition coefficient (Wildman–Crippen LogP) is 4.33. The number of nitrogens with two attached hydrogens (primary N) is 1. The predicted molar refractivity (Wildman–Crippen MR) is 152 cm³/mol. The number of carbonyl (C=O) groups excluding carboxylic acids is 3. The number of hydrogen-bond acceptors (Lipinski definition) is 8. The van der Waals surface area contributed by atoms with Crippen LogP contribution in [0, 0.1) is 0 Å². The van der Waals surface area contributed by atoms with E-state index in [9.17, 15) is 27.6 Å². The average Bonchev–Trinajstić information content (AvgIpc) is 3.54. The molecular weight excluding hydrogens is 567 g/mol. The van der Waals surface area contributed by atoms with Gasteiger partial charge in [-0.05, 0) is 63.4 Å². The topological polar surface area (TPSA) is 144 Å². The molecule has 11 nitrogen and oxygen atoms in total. The summed E-state index contributed by atoms with van der Waals surface area (Å²) in [5, 5.41) is 4.03. The first-order valence-corrected chi connectivity index (χ1v) is 14.0. The van der Waals surface area contributed by atoms with Crippen LogP contribution in [-0.4, -0.2) is 67.9 Å². The number of benzene rings is 1. The molecule has 2 aromatic heterocycles. The number of hydrazine groups is 1. The summed E-state index contributed by atoms with van der Waals surface area (Å²) in [5.41, 5.74) is 10.6. The van der Waals surface area contributed by atoms with Crippen molar-refractivity contribution >= 4 is 40.4 Å². The Hall–Kier alpha value is -4.36. The summed E-state index contributed by atoms with van der Waals surface area (Å²) in [4.78, 5) is 45.3. The van der Waals surface area contributed by atoms with Gasteiger partial charge in [-0.3, -0.25) is 20.4 Å². The number of hydrogen-bond donors (Lipinski definition) is 3.